The van der Waals surface area contributed by atoms with E-state index in [-0.39, 0.29) is 12.1 Å². The Labute approximate surface area is 150 Å². The topological polar surface area (TPSA) is 81.9 Å². The third-order valence-corrected chi connectivity index (χ3v) is 6.10. The van der Waals surface area contributed by atoms with E-state index in [9.17, 15) is 9.59 Å². The van der Waals surface area contributed by atoms with Crippen molar-refractivity contribution in [2.75, 3.05) is 13.7 Å². The van der Waals surface area contributed by atoms with Crippen LogP contribution in [-0.4, -0.2) is 47.8 Å². The van der Waals surface area contributed by atoms with Crippen molar-refractivity contribution in [3.05, 3.63) is 0 Å². The molecule has 0 heterocycles. The first kappa shape index (κ1) is 18.5. The molecule has 142 valence electrons. The molecular formula is C19H32N2O4. The van der Waals surface area contributed by atoms with Crippen molar-refractivity contribution >= 4 is 12.1 Å². The molecular weight excluding hydrogens is 320 g/mol. The van der Waals surface area contributed by atoms with E-state index >= 15 is 0 Å². The summed E-state index contributed by atoms with van der Waals surface area (Å²) in [5, 5.41) is 0. The van der Waals surface area contributed by atoms with Gasteiger partial charge in [0.15, 0.2) is 0 Å². The highest BCUT2D eigenvalue weighted by atomic mass is 16.6. The summed E-state index contributed by atoms with van der Waals surface area (Å²) in [7, 11) is 1.37. The maximum atomic E-state index is 12.8. The van der Waals surface area contributed by atoms with Gasteiger partial charge in [0.05, 0.1) is 7.11 Å². The van der Waals surface area contributed by atoms with Crippen molar-refractivity contribution in [3.63, 3.8) is 0 Å². The highest BCUT2D eigenvalue weighted by molar-refractivity contribution is 5.82. The molecule has 4 aliphatic carbocycles. The molecule has 0 aromatic carbocycles. The van der Waals surface area contributed by atoms with E-state index in [2.05, 4.69) is 0 Å². The number of nitrogens with zero attached hydrogens (tertiary/aromatic N) is 1. The molecule has 4 aliphatic rings. The van der Waals surface area contributed by atoms with Crippen LogP contribution >= 0.6 is 0 Å². The van der Waals surface area contributed by atoms with E-state index < -0.39 is 23.7 Å². The Morgan fingerprint density at radius 3 is 1.96 bits per heavy atom. The fourth-order valence-electron chi connectivity index (χ4n) is 5.79. The number of hydrogen-bond acceptors (Lipinski definition) is 5. The van der Waals surface area contributed by atoms with Crippen LogP contribution in [0.25, 0.3) is 0 Å². The molecule has 25 heavy (non-hydrogen) atoms. The second kappa shape index (κ2) is 6.45. The minimum atomic E-state index is -0.789. The van der Waals surface area contributed by atoms with Crippen molar-refractivity contribution in [2.45, 2.75) is 76.5 Å². The number of rotatable bonds is 4. The molecule has 6 nitrogen and oxygen atoms in total. The molecule has 0 unspecified atom stereocenters. The van der Waals surface area contributed by atoms with Crippen molar-refractivity contribution in [2.24, 2.45) is 23.5 Å². The lowest BCUT2D eigenvalue weighted by Crippen LogP contribution is -2.67. The number of hydrogen-bond donors (Lipinski definition) is 1. The molecule has 0 aromatic rings. The van der Waals surface area contributed by atoms with E-state index in [4.69, 9.17) is 15.2 Å². The zero-order valence-electron chi connectivity index (χ0n) is 15.9. The van der Waals surface area contributed by atoms with Gasteiger partial charge in [-0.2, -0.15) is 0 Å². The molecule has 0 aliphatic heterocycles. The van der Waals surface area contributed by atoms with E-state index in [0.717, 1.165) is 19.3 Å². The van der Waals surface area contributed by atoms with Crippen LogP contribution in [0.1, 0.15) is 59.3 Å². The summed E-state index contributed by atoms with van der Waals surface area (Å²) in [5.41, 5.74) is 5.03. The van der Waals surface area contributed by atoms with E-state index in [1.807, 2.05) is 20.8 Å². The predicted molar refractivity (Wildman–Crippen MR) is 93.8 cm³/mol. The van der Waals surface area contributed by atoms with Gasteiger partial charge in [-0.1, -0.05) is 0 Å². The van der Waals surface area contributed by atoms with Gasteiger partial charge < -0.3 is 15.2 Å². The molecule has 2 N–H and O–H groups in total. The van der Waals surface area contributed by atoms with Crippen molar-refractivity contribution in [1.82, 2.24) is 4.90 Å². The van der Waals surface area contributed by atoms with Crippen LogP contribution in [0.5, 0.6) is 0 Å². The molecule has 1 amide bonds. The van der Waals surface area contributed by atoms with Crippen molar-refractivity contribution in [1.29, 1.82) is 0 Å². The first-order chi connectivity index (χ1) is 11.7. The first-order valence-corrected chi connectivity index (χ1v) is 9.47. The molecule has 6 heteroatoms. The summed E-state index contributed by atoms with van der Waals surface area (Å²) in [6.45, 7) is 5.52. The summed E-state index contributed by atoms with van der Waals surface area (Å²) in [6, 6.07) is -0.789. The zero-order valence-corrected chi connectivity index (χ0v) is 15.9. The van der Waals surface area contributed by atoms with E-state index in [1.165, 1.54) is 26.4 Å². The molecule has 0 saturated heterocycles. The van der Waals surface area contributed by atoms with Crippen molar-refractivity contribution < 1.29 is 19.1 Å². The Kier molecular flexibility index (Phi) is 4.77. The van der Waals surface area contributed by atoms with E-state index in [0.29, 0.717) is 17.8 Å². The second-order valence-corrected chi connectivity index (χ2v) is 9.27. The Hall–Kier alpha value is -1.30. The molecule has 4 rings (SSSR count). The number of amides is 1. The molecule has 1 atom stereocenters. The standard InChI is InChI=1S/C19H32N2O4/c1-18(2,3)25-16(22)15(11-20)21(17(23)24-4)19-8-12-5-13(9-19)7-14(6-12)10-19/h12-15H,5-11,20H2,1-4H3/t12?,13?,14?,15-,19?/m0/s1. The van der Waals surface area contributed by atoms with Crippen LogP contribution in [0.2, 0.25) is 0 Å². The summed E-state index contributed by atoms with van der Waals surface area (Å²) in [4.78, 5) is 27.2. The predicted octanol–water partition coefficient (Wildman–Crippen LogP) is 2.69. The third-order valence-electron chi connectivity index (χ3n) is 6.10. The van der Waals surface area contributed by atoms with Crippen LogP contribution in [0.15, 0.2) is 0 Å². The Balaban J connectivity index is 1.91. The Bertz CT molecular complexity index is 505. The number of carbonyl (C=O) groups excluding carboxylic acids is 2. The van der Waals surface area contributed by atoms with Gasteiger partial charge in [-0.25, -0.2) is 9.59 Å². The van der Waals surface area contributed by atoms with Gasteiger partial charge in [0, 0.05) is 12.1 Å². The van der Waals surface area contributed by atoms with Gasteiger partial charge in [-0.05, 0) is 77.0 Å². The normalized spacial score (nSPS) is 34.5. The van der Waals surface area contributed by atoms with Gasteiger partial charge in [-0.3, -0.25) is 4.90 Å². The first-order valence-electron chi connectivity index (χ1n) is 9.47. The quantitative estimate of drug-likeness (QED) is 0.787. The van der Waals surface area contributed by atoms with Gasteiger partial charge in [0.2, 0.25) is 0 Å². The molecule has 0 spiro atoms. The smallest absolute Gasteiger partial charge is 0.410 e. The van der Waals surface area contributed by atoms with Gasteiger partial charge in [0.25, 0.3) is 0 Å². The molecule has 4 bridgehead atoms. The Morgan fingerprint density at radius 2 is 1.60 bits per heavy atom. The fourth-order valence-corrected chi connectivity index (χ4v) is 5.79. The maximum Gasteiger partial charge on any atom is 0.410 e. The zero-order chi connectivity index (χ0) is 18.4. The van der Waals surface area contributed by atoms with Crippen molar-refractivity contribution in [3.8, 4) is 0 Å². The van der Waals surface area contributed by atoms with Crippen LogP contribution in [-0.2, 0) is 14.3 Å². The van der Waals surface area contributed by atoms with Gasteiger partial charge in [0.1, 0.15) is 11.6 Å². The minimum absolute atomic E-state index is 0.0474. The van der Waals surface area contributed by atoms with Gasteiger partial charge >= 0.3 is 12.1 Å². The summed E-state index contributed by atoms with van der Waals surface area (Å²) < 4.78 is 10.6. The summed E-state index contributed by atoms with van der Waals surface area (Å²) in [5.74, 6) is 1.51. The monoisotopic (exact) mass is 352 g/mol. The number of nitrogens with two attached hydrogens (primary N) is 1. The summed E-state index contributed by atoms with van der Waals surface area (Å²) >= 11 is 0. The second-order valence-electron chi connectivity index (χ2n) is 9.27. The highest BCUT2D eigenvalue weighted by Gasteiger charge is 2.57. The average molecular weight is 352 g/mol. The molecule has 4 saturated carbocycles. The third kappa shape index (κ3) is 3.50. The maximum absolute atomic E-state index is 12.8. The molecule has 0 radical (unpaired) electrons. The largest absolute Gasteiger partial charge is 0.458 e. The van der Waals surface area contributed by atoms with Crippen LogP contribution in [0, 0.1) is 17.8 Å². The molecule has 4 fully saturated rings. The Morgan fingerprint density at radius 1 is 1.12 bits per heavy atom. The number of methoxy groups -OCH3 is 1. The highest BCUT2D eigenvalue weighted by Crippen LogP contribution is 2.58. The summed E-state index contributed by atoms with van der Waals surface area (Å²) in [6.07, 6.45) is 6.17. The van der Waals surface area contributed by atoms with Crippen LogP contribution in [0.4, 0.5) is 4.79 Å². The van der Waals surface area contributed by atoms with Gasteiger partial charge in [-0.15, -0.1) is 0 Å². The van der Waals surface area contributed by atoms with Crippen LogP contribution in [0.3, 0.4) is 0 Å². The SMILES string of the molecule is COC(=O)N([C@@H](CN)C(=O)OC(C)(C)C)C12CC3CC(CC(C3)C1)C2. The molecule has 0 aromatic heterocycles. The lowest BCUT2D eigenvalue weighted by atomic mass is 9.52. The number of esters is 1. The lowest BCUT2D eigenvalue weighted by molar-refractivity contribution is -0.167. The van der Waals surface area contributed by atoms with E-state index in [1.54, 1.807) is 4.90 Å². The average Bonchev–Trinajstić information content (AvgIpc) is 2.48. The lowest BCUT2D eigenvalue weighted by Gasteiger charge is -2.60. The minimum Gasteiger partial charge on any atom is -0.458 e. The number of carbonyl (C=O) groups is 2. The number of ether oxygens (including phenoxy) is 2. The van der Waals surface area contributed by atoms with Crippen LogP contribution < -0.4 is 5.73 Å². The fraction of sp³-hybridized carbons (Fsp3) is 0.895.